The van der Waals surface area contributed by atoms with Crippen LogP contribution in [0.4, 0.5) is 0 Å². The molecule has 0 N–H and O–H groups in total. The number of allylic oxidation sites excluding steroid dienone is 2. The van der Waals surface area contributed by atoms with E-state index < -0.39 is 0 Å². The van der Waals surface area contributed by atoms with Crippen molar-refractivity contribution in [1.82, 2.24) is 0 Å². The molecule has 4 rings (SSSR count). The van der Waals surface area contributed by atoms with Crippen LogP contribution >= 0.6 is 0 Å². The second-order valence-corrected chi connectivity index (χ2v) is 10.1. The Morgan fingerprint density at radius 2 is 1.83 bits per heavy atom. The largest absolute Gasteiger partial charge is 0.0853 e. The molecule has 0 aromatic heterocycles. The topological polar surface area (TPSA) is 0 Å². The summed E-state index contributed by atoms with van der Waals surface area (Å²) in [5.74, 6) is 6.46. The van der Waals surface area contributed by atoms with Gasteiger partial charge in [-0.1, -0.05) is 45.3 Å². The quantitative estimate of drug-likeness (QED) is 0.474. The first-order valence-electron chi connectivity index (χ1n) is 11.3. The summed E-state index contributed by atoms with van der Waals surface area (Å²) in [6.07, 6.45) is 20.5. The third-order valence-electron chi connectivity index (χ3n) is 9.25. The summed E-state index contributed by atoms with van der Waals surface area (Å²) in [5, 5.41) is 0. The molecule has 24 heavy (non-hydrogen) atoms. The molecule has 4 aliphatic rings. The van der Waals surface area contributed by atoms with Crippen molar-refractivity contribution in [2.24, 2.45) is 40.9 Å². The van der Waals surface area contributed by atoms with Gasteiger partial charge in [-0.3, -0.25) is 0 Å². The van der Waals surface area contributed by atoms with Crippen molar-refractivity contribution < 1.29 is 0 Å². The first-order valence-corrected chi connectivity index (χ1v) is 11.3. The van der Waals surface area contributed by atoms with E-state index in [4.69, 9.17) is 0 Å². The van der Waals surface area contributed by atoms with Crippen LogP contribution in [0, 0.1) is 40.9 Å². The summed E-state index contributed by atoms with van der Waals surface area (Å²) in [6, 6.07) is 0. The van der Waals surface area contributed by atoms with Crippen molar-refractivity contribution in [1.29, 1.82) is 0 Å². The van der Waals surface area contributed by atoms with E-state index in [1.165, 1.54) is 38.5 Å². The summed E-state index contributed by atoms with van der Waals surface area (Å²) < 4.78 is 0. The maximum Gasteiger partial charge on any atom is -0.0266 e. The van der Waals surface area contributed by atoms with Gasteiger partial charge in [0.15, 0.2) is 0 Å². The molecule has 0 aliphatic heterocycles. The van der Waals surface area contributed by atoms with Crippen LogP contribution in [0.2, 0.25) is 0 Å². The number of hydrogen-bond acceptors (Lipinski definition) is 0. The van der Waals surface area contributed by atoms with Gasteiger partial charge in [0.1, 0.15) is 0 Å². The minimum absolute atomic E-state index is 0.712. The molecule has 0 spiro atoms. The summed E-state index contributed by atoms with van der Waals surface area (Å²) in [5.41, 5.74) is 2.54. The second-order valence-electron chi connectivity index (χ2n) is 10.1. The summed E-state index contributed by atoms with van der Waals surface area (Å²) >= 11 is 0. The van der Waals surface area contributed by atoms with E-state index >= 15 is 0 Å². The van der Waals surface area contributed by atoms with Crippen LogP contribution in [-0.4, -0.2) is 0 Å². The van der Waals surface area contributed by atoms with Gasteiger partial charge in [-0.2, -0.15) is 0 Å². The van der Waals surface area contributed by atoms with Gasteiger partial charge in [0.05, 0.1) is 0 Å². The van der Waals surface area contributed by atoms with Crippen LogP contribution in [0.15, 0.2) is 11.6 Å². The lowest BCUT2D eigenvalue weighted by Gasteiger charge is -2.56. The highest BCUT2D eigenvalue weighted by molar-refractivity contribution is 5.12. The molecule has 4 saturated carbocycles. The Morgan fingerprint density at radius 1 is 0.958 bits per heavy atom. The minimum atomic E-state index is 0.712. The number of hydrogen-bond donors (Lipinski definition) is 0. The van der Waals surface area contributed by atoms with E-state index in [0.29, 0.717) is 5.41 Å². The van der Waals surface area contributed by atoms with Gasteiger partial charge in [0.2, 0.25) is 0 Å². The van der Waals surface area contributed by atoms with Crippen LogP contribution in [0.5, 0.6) is 0 Å². The van der Waals surface area contributed by atoms with Crippen molar-refractivity contribution in [2.75, 3.05) is 0 Å². The minimum Gasteiger partial charge on any atom is -0.0853 e. The van der Waals surface area contributed by atoms with Crippen molar-refractivity contribution >= 4 is 0 Å². The molecule has 7 atom stereocenters. The van der Waals surface area contributed by atoms with Crippen molar-refractivity contribution in [3.05, 3.63) is 11.6 Å². The summed E-state index contributed by atoms with van der Waals surface area (Å²) in [6.45, 7) is 7.46. The summed E-state index contributed by atoms with van der Waals surface area (Å²) in [7, 11) is 0. The van der Waals surface area contributed by atoms with Crippen LogP contribution < -0.4 is 0 Å². The van der Waals surface area contributed by atoms with E-state index in [9.17, 15) is 0 Å². The molecule has 2 unspecified atom stereocenters. The third kappa shape index (κ3) is 2.71. The molecular weight excluding hydrogens is 288 g/mol. The molecule has 0 heterocycles. The molecule has 0 amide bonds. The van der Waals surface area contributed by atoms with Gasteiger partial charge in [-0.25, -0.2) is 0 Å². The second kappa shape index (κ2) is 6.81. The van der Waals surface area contributed by atoms with Gasteiger partial charge < -0.3 is 0 Å². The van der Waals surface area contributed by atoms with Crippen LogP contribution in [0.25, 0.3) is 0 Å². The Bertz CT molecular complexity index is 474. The van der Waals surface area contributed by atoms with E-state index in [1.807, 2.05) is 5.57 Å². The highest BCUT2D eigenvalue weighted by Gasteiger charge is 2.56. The molecular formula is C24H40. The predicted molar refractivity (Wildman–Crippen MR) is 104 cm³/mol. The fourth-order valence-corrected chi connectivity index (χ4v) is 8.04. The molecule has 0 nitrogen and oxygen atoms in total. The van der Waals surface area contributed by atoms with Crippen LogP contribution in [-0.2, 0) is 0 Å². The van der Waals surface area contributed by atoms with Gasteiger partial charge in [-0.05, 0) is 105 Å². The highest BCUT2D eigenvalue weighted by Crippen LogP contribution is 2.64. The van der Waals surface area contributed by atoms with E-state index in [0.717, 1.165) is 35.5 Å². The molecule has 0 radical (unpaired) electrons. The SMILES string of the molecule is CCC/C=C1\CCC2[C@H](CC[C@@H]3[C@@H]2CC[C@]2(C)C(CC)CC[C@@H]32)C1. The van der Waals surface area contributed by atoms with Crippen LogP contribution in [0.3, 0.4) is 0 Å². The molecule has 0 aromatic carbocycles. The van der Waals surface area contributed by atoms with Gasteiger partial charge in [-0.15, -0.1) is 0 Å². The zero-order valence-corrected chi connectivity index (χ0v) is 16.5. The van der Waals surface area contributed by atoms with Gasteiger partial charge in [0, 0.05) is 0 Å². The Hall–Kier alpha value is -0.260. The molecule has 0 aromatic rings. The maximum atomic E-state index is 2.69. The van der Waals surface area contributed by atoms with Gasteiger partial charge >= 0.3 is 0 Å². The Kier molecular flexibility index (Phi) is 4.87. The van der Waals surface area contributed by atoms with Crippen LogP contribution in [0.1, 0.15) is 97.8 Å². The Balaban J connectivity index is 1.48. The zero-order valence-electron chi connectivity index (χ0n) is 16.5. The normalized spacial score (nSPS) is 49.5. The number of rotatable bonds is 3. The molecule has 0 heteroatoms. The first-order chi connectivity index (χ1) is 11.7. The number of fused-ring (bicyclic) bond motifs is 5. The van der Waals surface area contributed by atoms with E-state index in [1.54, 1.807) is 38.5 Å². The van der Waals surface area contributed by atoms with Crippen molar-refractivity contribution in [3.63, 3.8) is 0 Å². The predicted octanol–water partition coefficient (Wildman–Crippen LogP) is 7.39. The smallest absolute Gasteiger partial charge is 0.0266 e. The van der Waals surface area contributed by atoms with Gasteiger partial charge in [0.25, 0.3) is 0 Å². The summed E-state index contributed by atoms with van der Waals surface area (Å²) in [4.78, 5) is 0. The third-order valence-corrected chi connectivity index (χ3v) is 9.25. The number of unbranched alkanes of at least 4 members (excludes halogenated alkanes) is 1. The Labute approximate surface area is 150 Å². The molecule has 0 bridgehead atoms. The van der Waals surface area contributed by atoms with Crippen molar-refractivity contribution in [2.45, 2.75) is 97.8 Å². The monoisotopic (exact) mass is 328 g/mol. The lowest BCUT2D eigenvalue weighted by Crippen LogP contribution is -2.48. The lowest BCUT2D eigenvalue weighted by atomic mass is 9.49. The zero-order chi connectivity index (χ0) is 16.7. The molecule has 4 aliphatic carbocycles. The average molecular weight is 329 g/mol. The van der Waals surface area contributed by atoms with E-state index in [-0.39, 0.29) is 0 Å². The maximum absolute atomic E-state index is 2.69. The standard InChI is InChI=1S/C24H40/c1-4-6-7-17-8-11-20-18(16-17)9-12-22-21(20)14-15-24(3)19(5-2)10-13-23(22)24/h7,18-23H,4-6,8-16H2,1-3H3/b17-7+/t18-,19?,20?,21-,22-,23+,24-/m1/s1. The highest BCUT2D eigenvalue weighted by atomic mass is 14.6. The van der Waals surface area contributed by atoms with E-state index in [2.05, 4.69) is 26.8 Å². The molecule has 0 saturated heterocycles. The Morgan fingerprint density at radius 3 is 2.62 bits per heavy atom. The fraction of sp³-hybridized carbons (Fsp3) is 0.917. The lowest BCUT2D eigenvalue weighted by molar-refractivity contribution is -0.0580. The fourth-order valence-electron chi connectivity index (χ4n) is 8.04. The average Bonchev–Trinajstić information content (AvgIpc) is 2.95. The van der Waals surface area contributed by atoms with Crippen molar-refractivity contribution in [3.8, 4) is 0 Å². The molecule has 4 fully saturated rings. The molecule has 136 valence electrons. The first kappa shape index (κ1) is 17.2.